The predicted octanol–water partition coefficient (Wildman–Crippen LogP) is 5.47. The summed E-state index contributed by atoms with van der Waals surface area (Å²) in [7, 11) is 0. The third-order valence-corrected chi connectivity index (χ3v) is 8.43. The molecule has 3 saturated carbocycles. The molecule has 0 aliphatic heterocycles. The summed E-state index contributed by atoms with van der Waals surface area (Å²) in [6.45, 7) is 13.3. The summed E-state index contributed by atoms with van der Waals surface area (Å²) in [5, 5.41) is 30.1. The van der Waals surface area contributed by atoms with Crippen LogP contribution in [0.15, 0.2) is 35.5 Å². The van der Waals surface area contributed by atoms with E-state index in [4.69, 9.17) is 4.74 Å². The molecular formula is C28H46O4. The van der Waals surface area contributed by atoms with Gasteiger partial charge in [-0.25, -0.2) is 0 Å². The molecule has 0 spiro atoms. The summed E-state index contributed by atoms with van der Waals surface area (Å²) in [4.78, 5) is 0. The molecule has 4 heteroatoms. The van der Waals surface area contributed by atoms with Gasteiger partial charge < -0.3 is 20.1 Å². The molecule has 0 bridgehead atoms. The summed E-state index contributed by atoms with van der Waals surface area (Å²) in [5.41, 5.74) is 2.97. The Morgan fingerprint density at radius 3 is 2.69 bits per heavy atom. The summed E-state index contributed by atoms with van der Waals surface area (Å²) >= 11 is 0. The molecule has 3 aliphatic carbocycles. The Morgan fingerprint density at radius 2 is 1.97 bits per heavy atom. The highest BCUT2D eigenvalue weighted by Gasteiger charge is 2.51. The van der Waals surface area contributed by atoms with Crippen LogP contribution in [0.5, 0.6) is 0 Å². The number of rotatable bonds is 8. The third-order valence-electron chi connectivity index (χ3n) is 8.43. The van der Waals surface area contributed by atoms with E-state index in [1.807, 2.05) is 13.8 Å². The number of fused-ring (bicyclic) bond motifs is 1. The van der Waals surface area contributed by atoms with Crippen LogP contribution in [0, 0.1) is 17.3 Å². The molecule has 4 nitrogen and oxygen atoms in total. The van der Waals surface area contributed by atoms with Gasteiger partial charge in [0.05, 0.1) is 23.9 Å². The third kappa shape index (κ3) is 6.14. The first-order chi connectivity index (χ1) is 15.0. The predicted molar refractivity (Wildman–Crippen MR) is 130 cm³/mol. The number of hydrogen-bond acceptors (Lipinski definition) is 4. The number of hydrogen-bond donors (Lipinski definition) is 3. The van der Waals surface area contributed by atoms with Crippen molar-refractivity contribution in [2.24, 2.45) is 17.3 Å². The molecule has 0 aromatic heterocycles. The van der Waals surface area contributed by atoms with Gasteiger partial charge in [0.15, 0.2) is 0 Å². The van der Waals surface area contributed by atoms with Gasteiger partial charge >= 0.3 is 0 Å². The SMILES string of the molecule is C=C1/C(=C/C=C2\CCC[C@]3(C)[C@@H]([C@H](C)OCCCCC(C)(C)O)CC[C@@H]23)C[C@@H](O)C[C@@H]1O. The minimum Gasteiger partial charge on any atom is -0.393 e. The summed E-state index contributed by atoms with van der Waals surface area (Å²) < 4.78 is 6.30. The summed E-state index contributed by atoms with van der Waals surface area (Å²) in [6.07, 6.45) is 13.4. The molecule has 0 heterocycles. The van der Waals surface area contributed by atoms with E-state index in [0.717, 1.165) is 43.4 Å². The van der Waals surface area contributed by atoms with Crippen LogP contribution in [0.1, 0.15) is 91.9 Å². The van der Waals surface area contributed by atoms with Crippen molar-refractivity contribution in [3.8, 4) is 0 Å². The average molecular weight is 447 g/mol. The van der Waals surface area contributed by atoms with E-state index in [1.165, 1.54) is 31.3 Å². The van der Waals surface area contributed by atoms with Gasteiger partial charge in [0, 0.05) is 13.0 Å². The van der Waals surface area contributed by atoms with Gasteiger partial charge in [-0.3, -0.25) is 0 Å². The first-order valence-corrected chi connectivity index (χ1v) is 12.8. The maximum absolute atomic E-state index is 10.1. The molecule has 0 aromatic carbocycles. The van der Waals surface area contributed by atoms with E-state index in [2.05, 4.69) is 32.6 Å². The van der Waals surface area contributed by atoms with Crippen molar-refractivity contribution in [2.45, 2.75) is 116 Å². The molecule has 3 N–H and O–H groups in total. The number of allylic oxidation sites excluding steroid dienone is 3. The molecule has 0 amide bonds. The molecule has 3 aliphatic rings. The second-order valence-corrected chi connectivity index (χ2v) is 11.5. The standard InChI is InChI=1S/C28H46O4/c1-19-22(17-23(29)18-26(19)30)11-10-21-9-8-15-28(5)24(12-13-25(21)28)20(2)32-16-7-6-14-27(3,4)31/h10-11,20,23-26,29-31H,1,6-9,12-18H2,2-5H3/b21-10+,22-11+/t20-,23+,24+,25-,26-,28+/m0/s1. The van der Waals surface area contributed by atoms with E-state index in [0.29, 0.717) is 24.7 Å². The lowest BCUT2D eigenvalue weighted by Gasteiger charge is -2.44. The lowest BCUT2D eigenvalue weighted by atomic mass is 9.62. The Kier molecular flexibility index (Phi) is 8.46. The van der Waals surface area contributed by atoms with Gasteiger partial charge in [-0.15, -0.1) is 0 Å². The maximum atomic E-state index is 10.1. The smallest absolute Gasteiger partial charge is 0.0811 e. The Bertz CT molecular complexity index is 715. The van der Waals surface area contributed by atoms with Crippen molar-refractivity contribution >= 4 is 0 Å². The highest BCUT2D eigenvalue weighted by atomic mass is 16.5. The molecule has 0 unspecified atom stereocenters. The first kappa shape index (κ1) is 25.7. The van der Waals surface area contributed by atoms with E-state index < -0.39 is 17.8 Å². The molecule has 0 saturated heterocycles. The monoisotopic (exact) mass is 446 g/mol. The van der Waals surface area contributed by atoms with Gasteiger partial charge in [0.1, 0.15) is 0 Å². The summed E-state index contributed by atoms with van der Waals surface area (Å²) in [6, 6.07) is 0. The first-order valence-electron chi connectivity index (χ1n) is 12.8. The fourth-order valence-corrected chi connectivity index (χ4v) is 6.56. The zero-order valence-electron chi connectivity index (χ0n) is 20.8. The molecule has 182 valence electrons. The van der Waals surface area contributed by atoms with Crippen molar-refractivity contribution in [2.75, 3.05) is 6.61 Å². The highest BCUT2D eigenvalue weighted by molar-refractivity contribution is 5.38. The maximum Gasteiger partial charge on any atom is 0.0811 e. The van der Waals surface area contributed by atoms with E-state index in [1.54, 1.807) is 0 Å². The van der Waals surface area contributed by atoms with Crippen LogP contribution in [-0.4, -0.2) is 45.8 Å². The lowest BCUT2D eigenvalue weighted by molar-refractivity contribution is -0.0274. The largest absolute Gasteiger partial charge is 0.393 e. The van der Waals surface area contributed by atoms with Crippen LogP contribution in [0.25, 0.3) is 0 Å². The van der Waals surface area contributed by atoms with Crippen molar-refractivity contribution < 1.29 is 20.1 Å². The molecule has 0 aromatic rings. The Morgan fingerprint density at radius 1 is 1.22 bits per heavy atom. The number of aliphatic hydroxyl groups is 3. The second kappa shape index (κ2) is 10.5. The van der Waals surface area contributed by atoms with Gasteiger partial charge in [-0.05, 0) is 107 Å². The van der Waals surface area contributed by atoms with Gasteiger partial charge in [-0.2, -0.15) is 0 Å². The lowest BCUT2D eigenvalue weighted by Crippen LogP contribution is -2.38. The fourth-order valence-electron chi connectivity index (χ4n) is 6.56. The van der Waals surface area contributed by atoms with E-state index in [9.17, 15) is 15.3 Å². The Labute approximate surface area is 195 Å². The van der Waals surface area contributed by atoms with Crippen LogP contribution in [0.4, 0.5) is 0 Å². The molecule has 6 atom stereocenters. The van der Waals surface area contributed by atoms with Crippen molar-refractivity contribution in [1.82, 2.24) is 0 Å². The number of ether oxygens (including phenoxy) is 1. The zero-order chi connectivity index (χ0) is 23.5. The van der Waals surface area contributed by atoms with Crippen LogP contribution in [-0.2, 0) is 4.74 Å². The molecule has 3 fully saturated rings. The average Bonchev–Trinajstić information content (AvgIpc) is 3.06. The van der Waals surface area contributed by atoms with E-state index >= 15 is 0 Å². The minimum absolute atomic E-state index is 0.258. The topological polar surface area (TPSA) is 69.9 Å². The molecular weight excluding hydrogens is 400 g/mol. The second-order valence-electron chi connectivity index (χ2n) is 11.5. The van der Waals surface area contributed by atoms with E-state index in [-0.39, 0.29) is 11.5 Å². The number of unbranched alkanes of at least 4 members (excludes halogenated alkanes) is 1. The quantitative estimate of drug-likeness (QED) is 0.432. The van der Waals surface area contributed by atoms with Crippen molar-refractivity contribution in [3.05, 3.63) is 35.5 Å². The number of aliphatic hydroxyl groups excluding tert-OH is 2. The normalized spacial score (nSPS) is 37.2. The van der Waals surface area contributed by atoms with Gasteiger partial charge in [0.25, 0.3) is 0 Å². The van der Waals surface area contributed by atoms with Crippen LogP contribution < -0.4 is 0 Å². The van der Waals surface area contributed by atoms with Gasteiger partial charge in [0.2, 0.25) is 0 Å². The molecule has 0 radical (unpaired) electrons. The molecule has 3 rings (SSSR count). The Balaban J connectivity index is 1.61. The zero-order valence-corrected chi connectivity index (χ0v) is 20.8. The molecule has 32 heavy (non-hydrogen) atoms. The van der Waals surface area contributed by atoms with Crippen molar-refractivity contribution in [1.29, 1.82) is 0 Å². The van der Waals surface area contributed by atoms with Crippen LogP contribution in [0.3, 0.4) is 0 Å². The Hall–Kier alpha value is -0.940. The highest BCUT2D eigenvalue weighted by Crippen LogP contribution is 2.58. The van der Waals surface area contributed by atoms with Crippen LogP contribution in [0.2, 0.25) is 0 Å². The van der Waals surface area contributed by atoms with Crippen molar-refractivity contribution in [3.63, 3.8) is 0 Å². The fraction of sp³-hybridized carbons (Fsp3) is 0.786. The van der Waals surface area contributed by atoms with Crippen LogP contribution >= 0.6 is 0 Å². The minimum atomic E-state index is -0.627. The summed E-state index contributed by atoms with van der Waals surface area (Å²) in [5.74, 6) is 1.16. The van der Waals surface area contributed by atoms with Gasteiger partial charge in [-0.1, -0.05) is 31.2 Å².